The molecular formula is C22H32N4O3. The second kappa shape index (κ2) is 12.0. The molecule has 3 amide bonds. The number of carbonyl (C=O) groups is 3. The van der Waals surface area contributed by atoms with Crippen molar-refractivity contribution in [3.05, 3.63) is 35.9 Å². The van der Waals surface area contributed by atoms with Crippen molar-refractivity contribution in [1.29, 1.82) is 0 Å². The van der Waals surface area contributed by atoms with E-state index in [1.807, 2.05) is 6.92 Å². The molecule has 0 atom stereocenters. The number of rotatable bonds is 10. The molecule has 29 heavy (non-hydrogen) atoms. The summed E-state index contributed by atoms with van der Waals surface area (Å²) in [6.45, 7) is 4.96. The van der Waals surface area contributed by atoms with Gasteiger partial charge in [0.25, 0.3) is 0 Å². The van der Waals surface area contributed by atoms with Gasteiger partial charge in [-0.1, -0.05) is 18.6 Å². The van der Waals surface area contributed by atoms with E-state index in [1.54, 1.807) is 29.2 Å². The van der Waals surface area contributed by atoms with E-state index in [9.17, 15) is 14.4 Å². The van der Waals surface area contributed by atoms with Crippen LogP contribution in [0, 0.1) is 0 Å². The monoisotopic (exact) mass is 400 g/mol. The van der Waals surface area contributed by atoms with E-state index in [0.29, 0.717) is 24.5 Å². The Labute approximate surface area is 172 Å². The topological polar surface area (TPSA) is 90.5 Å². The van der Waals surface area contributed by atoms with Crippen molar-refractivity contribution < 1.29 is 14.4 Å². The maximum atomic E-state index is 12.3. The zero-order chi connectivity index (χ0) is 21.1. The van der Waals surface area contributed by atoms with E-state index >= 15 is 0 Å². The molecule has 0 saturated heterocycles. The van der Waals surface area contributed by atoms with E-state index in [-0.39, 0.29) is 30.8 Å². The van der Waals surface area contributed by atoms with Crippen LogP contribution < -0.4 is 16.0 Å². The number of anilines is 2. The fraction of sp³-hybridized carbons (Fsp3) is 0.500. The summed E-state index contributed by atoms with van der Waals surface area (Å²) in [5, 5.41) is 8.44. The number of hydrogen-bond acceptors (Lipinski definition) is 4. The molecule has 0 unspecified atom stereocenters. The summed E-state index contributed by atoms with van der Waals surface area (Å²) in [5.41, 5.74) is 2.75. The fourth-order valence-electron chi connectivity index (χ4n) is 3.28. The van der Waals surface area contributed by atoms with Crippen LogP contribution in [0.2, 0.25) is 0 Å². The van der Waals surface area contributed by atoms with Crippen LogP contribution in [0.1, 0.15) is 46.0 Å². The minimum Gasteiger partial charge on any atom is -0.355 e. The third-order valence-corrected chi connectivity index (χ3v) is 4.82. The van der Waals surface area contributed by atoms with Gasteiger partial charge in [0.15, 0.2) is 0 Å². The van der Waals surface area contributed by atoms with Crippen LogP contribution in [-0.2, 0) is 14.4 Å². The van der Waals surface area contributed by atoms with Crippen molar-refractivity contribution >= 4 is 29.1 Å². The summed E-state index contributed by atoms with van der Waals surface area (Å²) < 4.78 is 0. The average molecular weight is 401 g/mol. The zero-order valence-electron chi connectivity index (χ0n) is 17.4. The van der Waals surface area contributed by atoms with Gasteiger partial charge in [0.05, 0.1) is 13.1 Å². The average Bonchev–Trinajstić information content (AvgIpc) is 2.69. The van der Waals surface area contributed by atoms with Gasteiger partial charge in [-0.2, -0.15) is 0 Å². The van der Waals surface area contributed by atoms with Crippen LogP contribution in [-0.4, -0.2) is 48.8 Å². The van der Waals surface area contributed by atoms with Crippen molar-refractivity contribution in [3.63, 3.8) is 0 Å². The Balaban J connectivity index is 1.71. The van der Waals surface area contributed by atoms with E-state index in [1.165, 1.54) is 25.3 Å². The third-order valence-electron chi connectivity index (χ3n) is 4.82. The van der Waals surface area contributed by atoms with E-state index in [0.717, 1.165) is 19.3 Å². The molecule has 2 rings (SSSR count). The highest BCUT2D eigenvalue weighted by atomic mass is 16.2. The van der Waals surface area contributed by atoms with Crippen molar-refractivity contribution in [2.75, 3.05) is 36.8 Å². The quantitative estimate of drug-likeness (QED) is 0.527. The Bertz CT molecular complexity index is 728. The largest absolute Gasteiger partial charge is 0.355 e. The standard InChI is InChI=1S/C22H32N4O3/c1-3-26(15-21(28)23-14-13-18-7-5-4-6-8-18)16-22(29)25-20-11-9-19(10-12-20)24-17(2)27/h7,9-12H,3-6,8,13-16H2,1-2H3,(H,23,28)(H,24,27)(H,25,29). The Morgan fingerprint density at radius 3 is 2.21 bits per heavy atom. The molecule has 0 radical (unpaired) electrons. The second-order valence-corrected chi connectivity index (χ2v) is 7.32. The highest BCUT2D eigenvalue weighted by Gasteiger charge is 2.13. The molecule has 7 heteroatoms. The van der Waals surface area contributed by atoms with E-state index in [4.69, 9.17) is 0 Å². The molecule has 0 bridgehead atoms. The van der Waals surface area contributed by atoms with E-state index < -0.39 is 0 Å². The first-order valence-corrected chi connectivity index (χ1v) is 10.3. The maximum Gasteiger partial charge on any atom is 0.238 e. The van der Waals surface area contributed by atoms with Gasteiger partial charge in [0, 0.05) is 24.8 Å². The zero-order valence-corrected chi connectivity index (χ0v) is 17.4. The van der Waals surface area contributed by atoms with Gasteiger partial charge in [-0.05, 0) is 62.9 Å². The van der Waals surface area contributed by atoms with Gasteiger partial charge in [-0.25, -0.2) is 0 Å². The lowest BCUT2D eigenvalue weighted by Crippen LogP contribution is -2.41. The molecule has 0 heterocycles. The number of hydrogen-bond donors (Lipinski definition) is 3. The Morgan fingerprint density at radius 2 is 1.62 bits per heavy atom. The number of nitrogens with one attached hydrogen (secondary N) is 3. The molecule has 1 aliphatic carbocycles. The Kier molecular flexibility index (Phi) is 9.37. The highest BCUT2D eigenvalue weighted by Crippen LogP contribution is 2.19. The van der Waals surface area contributed by atoms with Crippen molar-refractivity contribution in [2.45, 2.75) is 46.0 Å². The number of benzene rings is 1. The van der Waals surface area contributed by atoms with Crippen LogP contribution in [0.3, 0.4) is 0 Å². The van der Waals surface area contributed by atoms with Gasteiger partial charge in [0.1, 0.15) is 0 Å². The van der Waals surface area contributed by atoms with Crippen LogP contribution in [0.15, 0.2) is 35.9 Å². The summed E-state index contributed by atoms with van der Waals surface area (Å²) in [5.74, 6) is -0.385. The first kappa shape index (κ1) is 22.6. The first-order valence-electron chi connectivity index (χ1n) is 10.3. The van der Waals surface area contributed by atoms with Gasteiger partial charge in [-0.3, -0.25) is 19.3 Å². The minimum atomic E-state index is -0.181. The molecule has 1 aromatic carbocycles. The van der Waals surface area contributed by atoms with Gasteiger partial charge in [-0.15, -0.1) is 0 Å². The Morgan fingerprint density at radius 1 is 0.966 bits per heavy atom. The first-order chi connectivity index (χ1) is 14.0. The summed E-state index contributed by atoms with van der Waals surface area (Å²) in [6, 6.07) is 6.91. The number of carbonyl (C=O) groups excluding carboxylic acids is 3. The van der Waals surface area contributed by atoms with Crippen molar-refractivity contribution in [1.82, 2.24) is 10.2 Å². The molecule has 1 aromatic rings. The normalized spacial score (nSPS) is 13.6. The number of nitrogens with zero attached hydrogens (tertiary/aromatic N) is 1. The molecule has 7 nitrogen and oxygen atoms in total. The van der Waals surface area contributed by atoms with Crippen LogP contribution >= 0.6 is 0 Å². The van der Waals surface area contributed by atoms with Gasteiger partial charge < -0.3 is 16.0 Å². The number of amides is 3. The second-order valence-electron chi connectivity index (χ2n) is 7.32. The highest BCUT2D eigenvalue weighted by molar-refractivity contribution is 5.93. The lowest BCUT2D eigenvalue weighted by Gasteiger charge is -2.20. The molecule has 0 spiro atoms. The summed E-state index contributed by atoms with van der Waals surface area (Å²) in [7, 11) is 0. The molecule has 0 aromatic heterocycles. The summed E-state index contributed by atoms with van der Waals surface area (Å²) >= 11 is 0. The predicted octanol–water partition coefficient (Wildman–Crippen LogP) is 2.91. The molecule has 158 valence electrons. The maximum absolute atomic E-state index is 12.3. The lowest BCUT2D eigenvalue weighted by molar-refractivity contribution is -0.123. The SMILES string of the molecule is CCN(CC(=O)NCCC1=CCCCC1)CC(=O)Nc1ccc(NC(C)=O)cc1. The van der Waals surface area contributed by atoms with Gasteiger partial charge >= 0.3 is 0 Å². The smallest absolute Gasteiger partial charge is 0.238 e. The lowest BCUT2D eigenvalue weighted by atomic mass is 9.97. The Hall–Kier alpha value is -2.67. The molecule has 0 saturated carbocycles. The molecular weight excluding hydrogens is 368 g/mol. The molecule has 1 aliphatic rings. The molecule has 0 aliphatic heterocycles. The van der Waals surface area contributed by atoms with Crippen LogP contribution in [0.25, 0.3) is 0 Å². The van der Waals surface area contributed by atoms with Crippen molar-refractivity contribution in [3.8, 4) is 0 Å². The minimum absolute atomic E-state index is 0.0595. The molecule has 3 N–H and O–H groups in total. The number of likely N-dealkylation sites (N-methyl/N-ethyl adjacent to an activating group) is 1. The predicted molar refractivity (Wildman–Crippen MR) is 116 cm³/mol. The fourth-order valence-corrected chi connectivity index (χ4v) is 3.28. The van der Waals surface area contributed by atoms with Gasteiger partial charge in [0.2, 0.25) is 17.7 Å². The van der Waals surface area contributed by atoms with Crippen LogP contribution in [0.5, 0.6) is 0 Å². The summed E-state index contributed by atoms with van der Waals surface area (Å²) in [4.78, 5) is 37.3. The van der Waals surface area contributed by atoms with Crippen LogP contribution in [0.4, 0.5) is 11.4 Å². The van der Waals surface area contributed by atoms with Crippen molar-refractivity contribution in [2.24, 2.45) is 0 Å². The third kappa shape index (κ3) is 8.91. The number of allylic oxidation sites excluding steroid dienone is 1. The molecule has 0 fully saturated rings. The van der Waals surface area contributed by atoms with E-state index in [2.05, 4.69) is 22.0 Å². The summed E-state index contributed by atoms with van der Waals surface area (Å²) in [6.07, 6.45) is 8.01.